The van der Waals surface area contributed by atoms with Crippen molar-refractivity contribution in [3.63, 3.8) is 0 Å². The van der Waals surface area contributed by atoms with E-state index in [1.807, 2.05) is 19.2 Å². The third-order valence-corrected chi connectivity index (χ3v) is 4.73. The molecule has 126 valence electrons. The molecule has 2 saturated heterocycles. The maximum Gasteiger partial charge on any atom is 0.255 e. The Morgan fingerprint density at radius 2 is 2.13 bits per heavy atom. The monoisotopic (exact) mass is 318 g/mol. The molecule has 3 rings (SSSR count). The van der Waals surface area contributed by atoms with E-state index in [1.165, 1.54) is 6.42 Å². The molecule has 1 aromatic heterocycles. The largest absolute Gasteiger partial charge is 0.379 e. The fourth-order valence-electron chi connectivity index (χ4n) is 3.37. The molecule has 3 heterocycles. The number of hydrogen-bond donors (Lipinski definition) is 1. The molecule has 6 nitrogen and oxygen atoms in total. The van der Waals surface area contributed by atoms with Gasteiger partial charge in [-0.2, -0.15) is 0 Å². The minimum absolute atomic E-state index is 0.109. The first-order valence-electron chi connectivity index (χ1n) is 8.53. The number of hydrogen-bond acceptors (Lipinski definition) is 5. The molecule has 23 heavy (non-hydrogen) atoms. The second-order valence-corrected chi connectivity index (χ2v) is 6.24. The van der Waals surface area contributed by atoms with Crippen molar-refractivity contribution in [2.75, 3.05) is 51.8 Å². The molecule has 1 atom stereocenters. The van der Waals surface area contributed by atoms with E-state index in [1.54, 1.807) is 6.20 Å². The average Bonchev–Trinajstić information content (AvgIpc) is 2.62. The van der Waals surface area contributed by atoms with E-state index in [0.29, 0.717) is 11.6 Å². The predicted molar refractivity (Wildman–Crippen MR) is 89.7 cm³/mol. The minimum atomic E-state index is 0.109. The van der Waals surface area contributed by atoms with Gasteiger partial charge in [-0.05, 0) is 31.4 Å². The first-order valence-corrected chi connectivity index (χ1v) is 8.53. The minimum Gasteiger partial charge on any atom is -0.379 e. The number of carbonyl (C=O) groups excluding carboxylic acids is 1. The van der Waals surface area contributed by atoms with Gasteiger partial charge in [0.2, 0.25) is 0 Å². The fourth-order valence-corrected chi connectivity index (χ4v) is 3.37. The Morgan fingerprint density at radius 1 is 1.30 bits per heavy atom. The Bertz CT molecular complexity index is 514. The van der Waals surface area contributed by atoms with Gasteiger partial charge in [-0.3, -0.25) is 9.69 Å². The van der Waals surface area contributed by atoms with Gasteiger partial charge >= 0.3 is 0 Å². The van der Waals surface area contributed by atoms with Crippen LogP contribution < -0.4 is 5.32 Å². The van der Waals surface area contributed by atoms with Gasteiger partial charge in [0.05, 0.1) is 18.8 Å². The molecule has 1 N–H and O–H groups in total. The Morgan fingerprint density at radius 3 is 2.83 bits per heavy atom. The van der Waals surface area contributed by atoms with Crippen LogP contribution in [0.1, 0.15) is 29.6 Å². The van der Waals surface area contributed by atoms with Gasteiger partial charge in [-0.25, -0.2) is 4.98 Å². The van der Waals surface area contributed by atoms with Crippen molar-refractivity contribution in [3.05, 3.63) is 23.9 Å². The summed E-state index contributed by atoms with van der Waals surface area (Å²) in [6.07, 6.45) is 5.06. The number of morpholine rings is 1. The summed E-state index contributed by atoms with van der Waals surface area (Å²) in [5, 5.41) is 2.98. The van der Waals surface area contributed by atoms with Crippen LogP contribution in [0.4, 0.5) is 5.82 Å². The van der Waals surface area contributed by atoms with Crippen LogP contribution in [0.2, 0.25) is 0 Å². The number of carbonyl (C=O) groups is 1. The fraction of sp³-hybridized carbons (Fsp3) is 0.647. The number of amides is 1. The first kappa shape index (κ1) is 16.2. The van der Waals surface area contributed by atoms with Gasteiger partial charge in [0, 0.05) is 45.5 Å². The van der Waals surface area contributed by atoms with Gasteiger partial charge in [-0.1, -0.05) is 0 Å². The lowest BCUT2D eigenvalue weighted by Gasteiger charge is -2.39. The summed E-state index contributed by atoms with van der Waals surface area (Å²) in [5.41, 5.74) is 0.679. The van der Waals surface area contributed by atoms with E-state index >= 15 is 0 Å². The molecule has 0 aliphatic carbocycles. The SMILES string of the molecule is CNc1ccc(C(=O)N2CCCCC2CN2CCOCC2)cn1. The summed E-state index contributed by atoms with van der Waals surface area (Å²) in [6.45, 7) is 5.35. The molecular weight excluding hydrogens is 292 g/mol. The summed E-state index contributed by atoms with van der Waals surface area (Å²) >= 11 is 0. The van der Waals surface area contributed by atoms with Gasteiger partial charge in [0.1, 0.15) is 5.82 Å². The maximum absolute atomic E-state index is 12.9. The standard InChI is InChI=1S/C17H26N4O2/c1-18-16-6-5-14(12-19-16)17(22)21-7-3-2-4-15(21)13-20-8-10-23-11-9-20/h5-6,12,15H,2-4,7-11,13H2,1H3,(H,18,19). The quantitative estimate of drug-likeness (QED) is 0.910. The predicted octanol–water partition coefficient (Wildman–Crippen LogP) is 1.45. The van der Waals surface area contributed by atoms with Gasteiger partial charge in [0.15, 0.2) is 0 Å². The van der Waals surface area contributed by atoms with Crippen LogP contribution >= 0.6 is 0 Å². The first-order chi connectivity index (χ1) is 11.3. The molecule has 2 aliphatic heterocycles. The normalized spacial score (nSPS) is 22.8. The topological polar surface area (TPSA) is 57.7 Å². The highest BCUT2D eigenvalue weighted by molar-refractivity contribution is 5.94. The van der Waals surface area contributed by atoms with Gasteiger partial charge in [-0.15, -0.1) is 0 Å². The number of nitrogens with zero attached hydrogens (tertiary/aromatic N) is 3. The number of pyridine rings is 1. The number of likely N-dealkylation sites (tertiary alicyclic amines) is 1. The van der Waals surface area contributed by atoms with E-state index in [9.17, 15) is 4.79 Å². The molecule has 2 fully saturated rings. The highest BCUT2D eigenvalue weighted by atomic mass is 16.5. The van der Waals surface area contributed by atoms with Crippen molar-refractivity contribution in [1.29, 1.82) is 0 Å². The molecule has 1 unspecified atom stereocenters. The van der Waals surface area contributed by atoms with Crippen molar-refractivity contribution >= 4 is 11.7 Å². The number of nitrogens with one attached hydrogen (secondary N) is 1. The van der Waals surface area contributed by atoms with E-state index in [-0.39, 0.29) is 5.91 Å². The molecule has 0 spiro atoms. The summed E-state index contributed by atoms with van der Waals surface area (Å²) in [7, 11) is 1.83. The third kappa shape index (κ3) is 4.00. The van der Waals surface area contributed by atoms with Crippen LogP contribution in [0.25, 0.3) is 0 Å². The lowest BCUT2D eigenvalue weighted by molar-refractivity contribution is 0.0166. The molecular formula is C17H26N4O2. The lowest BCUT2D eigenvalue weighted by Crippen LogP contribution is -2.51. The Hall–Kier alpha value is -1.66. The van der Waals surface area contributed by atoms with Crippen molar-refractivity contribution < 1.29 is 9.53 Å². The van der Waals surface area contributed by atoms with Crippen molar-refractivity contribution in [3.8, 4) is 0 Å². The second kappa shape index (κ2) is 7.75. The van der Waals surface area contributed by atoms with E-state index < -0.39 is 0 Å². The number of piperidine rings is 1. The highest BCUT2D eigenvalue weighted by Crippen LogP contribution is 2.21. The van der Waals surface area contributed by atoms with Gasteiger partial charge in [0.25, 0.3) is 5.91 Å². The molecule has 0 saturated carbocycles. The van der Waals surface area contributed by atoms with E-state index in [0.717, 1.165) is 58.1 Å². The molecule has 2 aliphatic rings. The van der Waals surface area contributed by atoms with Crippen molar-refractivity contribution in [1.82, 2.24) is 14.8 Å². The van der Waals surface area contributed by atoms with E-state index in [2.05, 4.69) is 20.1 Å². The molecule has 1 aromatic rings. The Labute approximate surface area is 137 Å². The number of ether oxygens (including phenoxy) is 1. The Kier molecular flexibility index (Phi) is 5.46. The van der Waals surface area contributed by atoms with Crippen LogP contribution in [0.15, 0.2) is 18.3 Å². The summed E-state index contributed by atoms with van der Waals surface area (Å²) in [4.78, 5) is 21.6. The lowest BCUT2D eigenvalue weighted by atomic mass is 10.00. The van der Waals surface area contributed by atoms with Gasteiger partial charge < -0.3 is 15.0 Å². The Balaban J connectivity index is 1.67. The molecule has 1 amide bonds. The van der Waals surface area contributed by atoms with Crippen LogP contribution in [-0.2, 0) is 4.74 Å². The molecule has 0 aromatic carbocycles. The average molecular weight is 318 g/mol. The van der Waals surface area contributed by atoms with E-state index in [4.69, 9.17) is 4.74 Å². The second-order valence-electron chi connectivity index (χ2n) is 6.24. The van der Waals surface area contributed by atoms with Crippen LogP contribution in [-0.4, -0.2) is 73.2 Å². The molecule has 6 heteroatoms. The number of rotatable bonds is 4. The third-order valence-electron chi connectivity index (χ3n) is 4.73. The number of anilines is 1. The maximum atomic E-state index is 12.9. The zero-order valence-corrected chi connectivity index (χ0v) is 13.8. The smallest absolute Gasteiger partial charge is 0.255 e. The summed E-state index contributed by atoms with van der Waals surface area (Å²) in [6, 6.07) is 4.02. The zero-order chi connectivity index (χ0) is 16.1. The molecule has 0 bridgehead atoms. The number of aromatic nitrogens is 1. The van der Waals surface area contributed by atoms with Crippen molar-refractivity contribution in [2.45, 2.75) is 25.3 Å². The van der Waals surface area contributed by atoms with Crippen LogP contribution in [0.5, 0.6) is 0 Å². The van der Waals surface area contributed by atoms with Crippen LogP contribution in [0.3, 0.4) is 0 Å². The van der Waals surface area contributed by atoms with Crippen LogP contribution in [0, 0.1) is 0 Å². The van der Waals surface area contributed by atoms with Crippen molar-refractivity contribution in [2.24, 2.45) is 0 Å². The summed E-state index contributed by atoms with van der Waals surface area (Å²) < 4.78 is 5.42. The molecule has 0 radical (unpaired) electrons. The zero-order valence-electron chi connectivity index (χ0n) is 13.8. The summed E-state index contributed by atoms with van der Waals surface area (Å²) in [5.74, 6) is 0.892. The highest BCUT2D eigenvalue weighted by Gasteiger charge is 2.29.